The maximum Gasteiger partial charge on any atom is 0.228 e. The molecule has 0 unspecified atom stereocenters. The molecule has 0 amide bonds. The van der Waals surface area contributed by atoms with Crippen LogP contribution in [0.15, 0.2) is 36.7 Å². The molecule has 0 saturated carbocycles. The van der Waals surface area contributed by atoms with Gasteiger partial charge in [-0.3, -0.25) is 0 Å². The molecule has 4 heteroatoms. The number of ether oxygens (including phenoxy) is 1. The van der Waals surface area contributed by atoms with Gasteiger partial charge in [-0.15, -0.1) is 0 Å². The van der Waals surface area contributed by atoms with Gasteiger partial charge in [0.05, 0.1) is 6.54 Å². The van der Waals surface area contributed by atoms with Gasteiger partial charge < -0.3 is 9.64 Å². The predicted molar refractivity (Wildman–Crippen MR) is 78.9 cm³/mol. The quantitative estimate of drug-likeness (QED) is 0.797. The van der Waals surface area contributed by atoms with Crippen LogP contribution < -0.4 is 9.64 Å². The summed E-state index contributed by atoms with van der Waals surface area (Å²) in [6, 6.07) is 8.26. The standard InChI is InChI=1S/C16H19N3O/c1-16(2,3)13-5-6-14-12(9-13)10-19(11-20-14)15-17-7-4-8-18-15/h4-9H,10-11H2,1-3H3. The van der Waals surface area contributed by atoms with E-state index in [9.17, 15) is 0 Å². The Morgan fingerprint density at radius 1 is 1.15 bits per heavy atom. The van der Waals surface area contributed by atoms with E-state index >= 15 is 0 Å². The van der Waals surface area contributed by atoms with Crippen molar-refractivity contribution in [3.05, 3.63) is 47.8 Å². The van der Waals surface area contributed by atoms with Gasteiger partial charge in [-0.25, -0.2) is 9.97 Å². The molecule has 0 fully saturated rings. The van der Waals surface area contributed by atoms with Gasteiger partial charge in [0.25, 0.3) is 0 Å². The minimum Gasteiger partial charge on any atom is -0.473 e. The Morgan fingerprint density at radius 3 is 2.60 bits per heavy atom. The molecule has 104 valence electrons. The zero-order chi connectivity index (χ0) is 14.2. The number of rotatable bonds is 1. The van der Waals surface area contributed by atoms with Crippen LogP contribution in [0.2, 0.25) is 0 Å². The first-order valence-electron chi connectivity index (χ1n) is 6.82. The van der Waals surface area contributed by atoms with Crippen LogP contribution in [0, 0.1) is 0 Å². The minimum atomic E-state index is 0.139. The molecule has 1 aliphatic rings. The molecule has 0 atom stereocenters. The lowest BCUT2D eigenvalue weighted by molar-refractivity contribution is 0.286. The molecule has 0 radical (unpaired) electrons. The Kier molecular flexibility index (Phi) is 3.08. The van der Waals surface area contributed by atoms with E-state index in [1.807, 2.05) is 11.0 Å². The first-order chi connectivity index (χ1) is 9.54. The largest absolute Gasteiger partial charge is 0.473 e. The fraction of sp³-hybridized carbons (Fsp3) is 0.375. The van der Waals surface area contributed by atoms with Gasteiger partial charge in [-0.2, -0.15) is 0 Å². The Labute approximate surface area is 119 Å². The zero-order valence-corrected chi connectivity index (χ0v) is 12.1. The lowest BCUT2D eigenvalue weighted by Gasteiger charge is -2.30. The number of aromatic nitrogens is 2. The van der Waals surface area contributed by atoms with Crippen molar-refractivity contribution in [1.82, 2.24) is 9.97 Å². The van der Waals surface area contributed by atoms with E-state index in [4.69, 9.17) is 4.74 Å². The van der Waals surface area contributed by atoms with E-state index in [1.54, 1.807) is 12.4 Å². The number of nitrogens with zero attached hydrogens (tertiary/aromatic N) is 3. The van der Waals surface area contributed by atoms with E-state index in [-0.39, 0.29) is 5.41 Å². The number of fused-ring (bicyclic) bond motifs is 1. The van der Waals surface area contributed by atoms with E-state index in [1.165, 1.54) is 11.1 Å². The van der Waals surface area contributed by atoms with Gasteiger partial charge in [-0.05, 0) is 29.2 Å². The molecular weight excluding hydrogens is 250 g/mol. The molecule has 2 aromatic rings. The fourth-order valence-corrected chi connectivity index (χ4v) is 2.29. The second-order valence-electron chi connectivity index (χ2n) is 6.09. The van der Waals surface area contributed by atoms with Crippen LogP contribution in [0.4, 0.5) is 5.95 Å². The molecule has 0 spiro atoms. The number of anilines is 1. The molecule has 2 heterocycles. The predicted octanol–water partition coefficient (Wildman–Crippen LogP) is 3.13. The Hall–Kier alpha value is -2.10. The third kappa shape index (κ3) is 2.46. The second-order valence-corrected chi connectivity index (χ2v) is 6.09. The molecule has 0 aliphatic carbocycles. The third-order valence-corrected chi connectivity index (χ3v) is 3.50. The Morgan fingerprint density at radius 2 is 1.90 bits per heavy atom. The molecule has 3 rings (SSSR count). The summed E-state index contributed by atoms with van der Waals surface area (Å²) in [7, 11) is 0. The minimum absolute atomic E-state index is 0.139. The normalized spacial score (nSPS) is 14.7. The van der Waals surface area contributed by atoms with Gasteiger partial charge in [0.1, 0.15) is 5.75 Å². The molecule has 1 aliphatic heterocycles. The van der Waals surface area contributed by atoms with Gasteiger partial charge in [0.2, 0.25) is 5.95 Å². The van der Waals surface area contributed by atoms with Crippen molar-refractivity contribution in [1.29, 1.82) is 0 Å². The smallest absolute Gasteiger partial charge is 0.228 e. The molecule has 4 nitrogen and oxygen atoms in total. The monoisotopic (exact) mass is 269 g/mol. The van der Waals surface area contributed by atoms with Crippen molar-refractivity contribution >= 4 is 5.95 Å². The first-order valence-corrected chi connectivity index (χ1v) is 6.82. The van der Waals surface area contributed by atoms with Crippen LogP contribution in [-0.4, -0.2) is 16.7 Å². The molecule has 0 saturated heterocycles. The zero-order valence-electron chi connectivity index (χ0n) is 12.1. The summed E-state index contributed by atoms with van der Waals surface area (Å²) in [5, 5.41) is 0. The van der Waals surface area contributed by atoms with Crippen LogP contribution in [0.25, 0.3) is 0 Å². The summed E-state index contributed by atoms with van der Waals surface area (Å²) in [4.78, 5) is 10.6. The summed E-state index contributed by atoms with van der Waals surface area (Å²) in [5.74, 6) is 1.67. The summed E-state index contributed by atoms with van der Waals surface area (Å²) < 4.78 is 5.80. The fourth-order valence-electron chi connectivity index (χ4n) is 2.29. The van der Waals surface area contributed by atoms with Gasteiger partial charge in [0, 0.05) is 18.0 Å². The SMILES string of the molecule is CC(C)(C)c1ccc2c(c1)CN(c1ncccn1)CO2. The van der Waals surface area contributed by atoms with Crippen molar-refractivity contribution in [2.45, 2.75) is 32.7 Å². The number of hydrogen-bond donors (Lipinski definition) is 0. The van der Waals surface area contributed by atoms with Crippen LogP contribution >= 0.6 is 0 Å². The van der Waals surface area contributed by atoms with Gasteiger partial charge in [0.15, 0.2) is 6.73 Å². The summed E-state index contributed by atoms with van der Waals surface area (Å²) >= 11 is 0. The molecule has 0 N–H and O–H groups in total. The van der Waals surface area contributed by atoms with Crippen molar-refractivity contribution in [3.8, 4) is 5.75 Å². The highest BCUT2D eigenvalue weighted by atomic mass is 16.5. The van der Waals surface area contributed by atoms with Gasteiger partial charge >= 0.3 is 0 Å². The second kappa shape index (κ2) is 4.78. The molecule has 1 aromatic carbocycles. The van der Waals surface area contributed by atoms with Crippen molar-refractivity contribution in [3.63, 3.8) is 0 Å². The van der Waals surface area contributed by atoms with Crippen molar-refractivity contribution in [2.24, 2.45) is 0 Å². The number of benzene rings is 1. The van der Waals surface area contributed by atoms with Crippen molar-refractivity contribution < 1.29 is 4.74 Å². The molecule has 0 bridgehead atoms. The maximum atomic E-state index is 5.80. The number of hydrogen-bond acceptors (Lipinski definition) is 4. The third-order valence-electron chi connectivity index (χ3n) is 3.50. The summed E-state index contributed by atoms with van der Waals surface area (Å²) in [6.07, 6.45) is 3.51. The Bertz CT molecular complexity index is 605. The van der Waals surface area contributed by atoms with E-state index in [0.717, 1.165) is 12.3 Å². The average Bonchev–Trinajstić information content (AvgIpc) is 2.46. The maximum absolute atomic E-state index is 5.80. The summed E-state index contributed by atoms with van der Waals surface area (Å²) in [6.45, 7) is 7.93. The molecule has 1 aromatic heterocycles. The highest BCUT2D eigenvalue weighted by Crippen LogP contribution is 2.31. The molecular formula is C16H19N3O. The average molecular weight is 269 g/mol. The van der Waals surface area contributed by atoms with Crippen molar-refractivity contribution in [2.75, 3.05) is 11.6 Å². The van der Waals surface area contributed by atoms with Gasteiger partial charge in [-0.1, -0.05) is 26.8 Å². The van der Waals surface area contributed by atoms with Crippen LogP contribution in [-0.2, 0) is 12.0 Å². The lowest BCUT2D eigenvalue weighted by Crippen LogP contribution is -2.33. The van der Waals surface area contributed by atoms with E-state index in [2.05, 4.69) is 48.9 Å². The summed E-state index contributed by atoms with van der Waals surface area (Å²) in [5.41, 5.74) is 2.65. The highest BCUT2D eigenvalue weighted by Gasteiger charge is 2.22. The lowest BCUT2D eigenvalue weighted by atomic mass is 9.86. The Balaban J connectivity index is 1.90. The molecule has 20 heavy (non-hydrogen) atoms. The van der Waals surface area contributed by atoms with Crippen LogP contribution in [0.3, 0.4) is 0 Å². The first kappa shape index (κ1) is 12.9. The van der Waals surface area contributed by atoms with E-state index < -0.39 is 0 Å². The highest BCUT2D eigenvalue weighted by molar-refractivity contribution is 5.44. The van der Waals surface area contributed by atoms with E-state index in [0.29, 0.717) is 12.7 Å². The van der Waals surface area contributed by atoms with Crippen LogP contribution in [0.5, 0.6) is 5.75 Å². The topological polar surface area (TPSA) is 38.2 Å². The van der Waals surface area contributed by atoms with Crippen LogP contribution in [0.1, 0.15) is 31.9 Å².